The van der Waals surface area contributed by atoms with Crippen molar-refractivity contribution in [1.29, 1.82) is 0 Å². The number of sulfonamides is 1. The van der Waals surface area contributed by atoms with E-state index in [0.29, 0.717) is 12.3 Å². The zero-order valence-corrected chi connectivity index (χ0v) is 12.3. The van der Waals surface area contributed by atoms with Crippen molar-refractivity contribution in [3.63, 3.8) is 0 Å². The highest BCUT2D eigenvalue weighted by Crippen LogP contribution is 2.26. The molecule has 0 saturated heterocycles. The second-order valence-corrected chi connectivity index (χ2v) is 6.19. The van der Waals surface area contributed by atoms with Crippen molar-refractivity contribution < 1.29 is 13.2 Å². The summed E-state index contributed by atoms with van der Waals surface area (Å²) in [7, 11) is -3.35. The third kappa shape index (κ3) is 4.65. The average Bonchev–Trinajstić information content (AvgIpc) is 2.25. The van der Waals surface area contributed by atoms with Crippen LogP contribution in [0.1, 0.15) is 12.5 Å². The van der Waals surface area contributed by atoms with Crippen molar-refractivity contribution in [2.75, 3.05) is 23.7 Å². The van der Waals surface area contributed by atoms with Crippen molar-refractivity contribution in [2.45, 2.75) is 13.8 Å². The molecule has 0 aromatic heterocycles. The lowest BCUT2D eigenvalue weighted by Crippen LogP contribution is -2.20. The Morgan fingerprint density at radius 1 is 1.41 bits per heavy atom. The van der Waals surface area contributed by atoms with Gasteiger partial charge in [-0.3, -0.25) is 4.72 Å². The average molecular weight is 322 g/mol. The van der Waals surface area contributed by atoms with E-state index in [9.17, 15) is 8.42 Å². The standard InChI is InChI=1S/C11H16BrNO3S/c1-3-16-7-8-17(14,15)13-10-6-4-5-9(2)11(10)12/h4-6,13H,3,7-8H2,1-2H3. The molecule has 0 spiro atoms. The minimum atomic E-state index is -3.35. The number of hydrogen-bond acceptors (Lipinski definition) is 3. The van der Waals surface area contributed by atoms with Gasteiger partial charge in [-0.1, -0.05) is 12.1 Å². The predicted molar refractivity (Wildman–Crippen MR) is 72.8 cm³/mol. The smallest absolute Gasteiger partial charge is 0.235 e. The maximum atomic E-state index is 11.7. The molecule has 0 bridgehead atoms. The van der Waals surface area contributed by atoms with Gasteiger partial charge in [0, 0.05) is 11.1 Å². The monoisotopic (exact) mass is 321 g/mol. The summed E-state index contributed by atoms with van der Waals surface area (Å²) in [5, 5.41) is 0. The number of nitrogens with one attached hydrogen (secondary N) is 1. The van der Waals surface area contributed by atoms with Crippen molar-refractivity contribution in [3.8, 4) is 0 Å². The van der Waals surface area contributed by atoms with E-state index in [1.165, 1.54) is 0 Å². The Kier molecular flexibility index (Phi) is 5.42. The number of rotatable bonds is 6. The van der Waals surface area contributed by atoms with Crippen LogP contribution in [0.4, 0.5) is 5.69 Å². The zero-order chi connectivity index (χ0) is 12.9. The summed E-state index contributed by atoms with van der Waals surface area (Å²) in [6.45, 7) is 4.46. The molecule has 0 aliphatic rings. The highest BCUT2D eigenvalue weighted by Gasteiger charge is 2.12. The summed E-state index contributed by atoms with van der Waals surface area (Å²) >= 11 is 3.36. The number of hydrogen-bond donors (Lipinski definition) is 1. The van der Waals surface area contributed by atoms with Gasteiger partial charge in [-0.25, -0.2) is 8.42 Å². The van der Waals surface area contributed by atoms with Crippen LogP contribution in [0.25, 0.3) is 0 Å². The molecule has 4 nitrogen and oxygen atoms in total. The molecule has 6 heteroatoms. The SMILES string of the molecule is CCOCCS(=O)(=O)Nc1cccc(C)c1Br. The molecular formula is C11H16BrNO3S. The fourth-order valence-electron chi connectivity index (χ4n) is 1.26. The summed E-state index contributed by atoms with van der Waals surface area (Å²) in [4.78, 5) is 0. The maximum absolute atomic E-state index is 11.7. The molecule has 1 aromatic carbocycles. The van der Waals surface area contributed by atoms with Crippen LogP contribution in [0.5, 0.6) is 0 Å². The van der Waals surface area contributed by atoms with E-state index in [-0.39, 0.29) is 12.4 Å². The lowest BCUT2D eigenvalue weighted by molar-refractivity contribution is 0.163. The molecule has 0 heterocycles. The molecule has 0 saturated carbocycles. The summed E-state index contributed by atoms with van der Waals surface area (Å²) in [5.41, 5.74) is 1.54. The maximum Gasteiger partial charge on any atom is 0.235 e. The van der Waals surface area contributed by atoms with Gasteiger partial charge in [-0.15, -0.1) is 0 Å². The van der Waals surface area contributed by atoms with Crippen molar-refractivity contribution >= 4 is 31.6 Å². The molecule has 17 heavy (non-hydrogen) atoms. The molecular weight excluding hydrogens is 306 g/mol. The van der Waals surface area contributed by atoms with Crippen LogP contribution in [-0.4, -0.2) is 27.4 Å². The van der Waals surface area contributed by atoms with Crippen LogP contribution < -0.4 is 4.72 Å². The van der Waals surface area contributed by atoms with E-state index in [0.717, 1.165) is 10.0 Å². The van der Waals surface area contributed by atoms with Gasteiger partial charge in [-0.05, 0) is 41.4 Å². The molecule has 0 atom stereocenters. The lowest BCUT2D eigenvalue weighted by Gasteiger charge is -2.10. The summed E-state index contributed by atoms with van der Waals surface area (Å²) in [6, 6.07) is 5.43. The molecule has 96 valence electrons. The molecule has 1 rings (SSSR count). The molecule has 0 radical (unpaired) electrons. The highest BCUT2D eigenvalue weighted by molar-refractivity contribution is 9.10. The largest absolute Gasteiger partial charge is 0.381 e. The molecule has 0 fully saturated rings. The Labute approximate surface area is 111 Å². The molecule has 0 aliphatic heterocycles. The van der Waals surface area contributed by atoms with Crippen molar-refractivity contribution in [2.24, 2.45) is 0 Å². The normalized spacial score (nSPS) is 11.5. The van der Waals surface area contributed by atoms with Crippen LogP contribution in [-0.2, 0) is 14.8 Å². The van der Waals surface area contributed by atoms with Gasteiger partial charge in [-0.2, -0.15) is 0 Å². The van der Waals surface area contributed by atoms with E-state index in [4.69, 9.17) is 4.74 Å². The fourth-order valence-corrected chi connectivity index (χ4v) is 2.70. The first-order chi connectivity index (χ1) is 7.96. The van der Waals surface area contributed by atoms with E-state index < -0.39 is 10.0 Å². The zero-order valence-electron chi connectivity index (χ0n) is 9.86. The lowest BCUT2D eigenvalue weighted by atomic mass is 10.2. The Hall–Kier alpha value is -0.590. The van der Waals surface area contributed by atoms with Gasteiger partial charge in [0.25, 0.3) is 0 Å². The molecule has 1 aromatic rings. The van der Waals surface area contributed by atoms with Crippen LogP contribution in [0.15, 0.2) is 22.7 Å². The number of benzene rings is 1. The van der Waals surface area contributed by atoms with Gasteiger partial charge < -0.3 is 4.74 Å². The van der Waals surface area contributed by atoms with E-state index in [1.54, 1.807) is 12.1 Å². The number of aryl methyl sites for hydroxylation is 1. The van der Waals surface area contributed by atoms with E-state index in [1.807, 2.05) is 19.9 Å². The van der Waals surface area contributed by atoms with Gasteiger partial charge in [0.15, 0.2) is 0 Å². The van der Waals surface area contributed by atoms with Crippen LogP contribution in [0, 0.1) is 6.92 Å². The van der Waals surface area contributed by atoms with Gasteiger partial charge in [0.05, 0.1) is 18.0 Å². The first kappa shape index (κ1) is 14.5. The quantitative estimate of drug-likeness (QED) is 0.819. The third-order valence-corrected chi connectivity index (χ3v) is 4.45. The Balaban J connectivity index is 2.73. The van der Waals surface area contributed by atoms with Gasteiger partial charge >= 0.3 is 0 Å². The van der Waals surface area contributed by atoms with Crippen molar-refractivity contribution in [1.82, 2.24) is 0 Å². The molecule has 1 N–H and O–H groups in total. The van der Waals surface area contributed by atoms with Crippen LogP contribution in [0.2, 0.25) is 0 Å². The Morgan fingerprint density at radius 2 is 2.12 bits per heavy atom. The van der Waals surface area contributed by atoms with Gasteiger partial charge in [0.2, 0.25) is 10.0 Å². The molecule has 0 unspecified atom stereocenters. The summed E-state index contributed by atoms with van der Waals surface area (Å²) in [6.07, 6.45) is 0. The summed E-state index contributed by atoms with van der Waals surface area (Å²) < 4.78 is 31.8. The van der Waals surface area contributed by atoms with E-state index in [2.05, 4.69) is 20.7 Å². The highest BCUT2D eigenvalue weighted by atomic mass is 79.9. The first-order valence-electron chi connectivity index (χ1n) is 5.29. The van der Waals surface area contributed by atoms with Crippen LogP contribution >= 0.6 is 15.9 Å². The van der Waals surface area contributed by atoms with Gasteiger partial charge in [0.1, 0.15) is 0 Å². The fraction of sp³-hybridized carbons (Fsp3) is 0.455. The number of anilines is 1. The second kappa shape index (κ2) is 6.37. The Morgan fingerprint density at radius 3 is 2.76 bits per heavy atom. The molecule has 0 aliphatic carbocycles. The van der Waals surface area contributed by atoms with Crippen LogP contribution in [0.3, 0.4) is 0 Å². The predicted octanol–water partition coefficient (Wildman–Crippen LogP) is 2.54. The molecule has 0 amide bonds. The number of halogens is 1. The summed E-state index contributed by atoms with van der Waals surface area (Å²) in [5.74, 6) is -0.0405. The van der Waals surface area contributed by atoms with Crippen molar-refractivity contribution in [3.05, 3.63) is 28.2 Å². The first-order valence-corrected chi connectivity index (χ1v) is 7.74. The van der Waals surface area contributed by atoms with E-state index >= 15 is 0 Å². The third-order valence-electron chi connectivity index (χ3n) is 2.16. The number of ether oxygens (including phenoxy) is 1. The topological polar surface area (TPSA) is 55.4 Å². The second-order valence-electron chi connectivity index (χ2n) is 3.55. The Bertz CT molecular complexity index is 474. The minimum absolute atomic E-state index is 0.0405. The minimum Gasteiger partial charge on any atom is -0.381 e.